The fraction of sp³-hybridized carbons (Fsp3) is 0.207. The van der Waals surface area contributed by atoms with E-state index in [1.165, 1.54) is 43.4 Å². The third-order valence-corrected chi connectivity index (χ3v) is 7.06. The fourth-order valence-corrected chi connectivity index (χ4v) is 4.69. The summed E-state index contributed by atoms with van der Waals surface area (Å²) >= 11 is 0. The van der Waals surface area contributed by atoms with Crippen molar-refractivity contribution in [1.82, 2.24) is 4.98 Å². The predicted octanol–water partition coefficient (Wildman–Crippen LogP) is 8.29. The summed E-state index contributed by atoms with van der Waals surface area (Å²) in [5.41, 5.74) is 3.80. The quantitative estimate of drug-likeness (QED) is 0.282. The van der Waals surface area contributed by atoms with Crippen LogP contribution < -0.4 is 0 Å². The van der Waals surface area contributed by atoms with Gasteiger partial charge in [0, 0.05) is 11.8 Å². The van der Waals surface area contributed by atoms with Crippen LogP contribution in [0.2, 0.25) is 0 Å². The molecule has 0 amide bonds. The first-order valence-electron chi connectivity index (χ1n) is 10.9. The van der Waals surface area contributed by atoms with E-state index in [9.17, 15) is 0 Å². The second-order valence-electron chi connectivity index (χ2n) is 8.55. The Morgan fingerprint density at radius 2 is 1.17 bits per heavy atom. The molecule has 148 valence electrons. The number of aromatic nitrogens is 1. The highest BCUT2D eigenvalue weighted by Gasteiger charge is 2.22. The molecule has 1 nitrogen and oxygen atoms in total. The van der Waals surface area contributed by atoms with E-state index in [1.54, 1.807) is 0 Å². The fourth-order valence-electron chi connectivity index (χ4n) is 4.69. The van der Waals surface area contributed by atoms with E-state index in [-0.39, 0.29) is 5.41 Å². The van der Waals surface area contributed by atoms with Crippen LogP contribution in [-0.4, -0.2) is 4.98 Å². The van der Waals surface area contributed by atoms with Crippen molar-refractivity contribution in [2.45, 2.75) is 39.0 Å². The molecular formula is C29H27N. The van der Waals surface area contributed by atoms with Gasteiger partial charge in [-0.2, -0.15) is 0 Å². The van der Waals surface area contributed by atoms with Gasteiger partial charge >= 0.3 is 0 Å². The average molecular weight is 390 g/mol. The molecule has 0 bridgehead atoms. The van der Waals surface area contributed by atoms with Gasteiger partial charge in [0.15, 0.2) is 0 Å². The number of fused-ring (bicyclic) bond motifs is 6. The van der Waals surface area contributed by atoms with Crippen molar-refractivity contribution in [2.24, 2.45) is 0 Å². The second kappa shape index (κ2) is 7.25. The minimum absolute atomic E-state index is 0.192. The third-order valence-electron chi connectivity index (χ3n) is 7.06. The molecule has 0 aliphatic carbocycles. The molecule has 0 radical (unpaired) electrons. The first kappa shape index (κ1) is 18.8. The standard InChI is InChI=1S/C29H27N/c1-4-29(3,5-2)21-16-17-30-28(19-21)20-14-15-26-24-12-7-6-10-22(24)23-11-8-9-13-25(23)27(26)18-20/h6-19H,4-5H2,1-3H3. The van der Waals surface area contributed by atoms with Gasteiger partial charge in [0.25, 0.3) is 0 Å². The van der Waals surface area contributed by atoms with Crippen LogP contribution in [0.1, 0.15) is 39.2 Å². The Hall–Kier alpha value is -3.19. The SMILES string of the molecule is CCC(C)(CC)c1ccnc(-c2ccc3c4ccccc4c4ccccc4c3c2)c1. The monoisotopic (exact) mass is 389 g/mol. The third kappa shape index (κ3) is 2.89. The van der Waals surface area contributed by atoms with Crippen LogP contribution in [0.3, 0.4) is 0 Å². The van der Waals surface area contributed by atoms with Crippen LogP contribution in [0, 0.1) is 0 Å². The highest BCUT2D eigenvalue weighted by atomic mass is 14.7. The smallest absolute Gasteiger partial charge is 0.0705 e. The number of benzene rings is 4. The first-order chi connectivity index (χ1) is 14.6. The van der Waals surface area contributed by atoms with Crippen LogP contribution in [0.5, 0.6) is 0 Å². The molecule has 30 heavy (non-hydrogen) atoms. The van der Waals surface area contributed by atoms with Gasteiger partial charge in [-0.25, -0.2) is 0 Å². The summed E-state index contributed by atoms with van der Waals surface area (Å²) in [6.45, 7) is 6.90. The number of nitrogens with zero attached hydrogens (tertiary/aromatic N) is 1. The van der Waals surface area contributed by atoms with Crippen molar-refractivity contribution in [3.8, 4) is 11.3 Å². The van der Waals surface area contributed by atoms with Crippen molar-refractivity contribution < 1.29 is 0 Å². The number of hydrogen-bond acceptors (Lipinski definition) is 1. The maximum atomic E-state index is 4.74. The van der Waals surface area contributed by atoms with Crippen LogP contribution in [-0.2, 0) is 5.41 Å². The van der Waals surface area contributed by atoms with Gasteiger partial charge in [0.1, 0.15) is 0 Å². The Morgan fingerprint density at radius 3 is 1.73 bits per heavy atom. The van der Waals surface area contributed by atoms with Crippen LogP contribution >= 0.6 is 0 Å². The maximum absolute atomic E-state index is 4.74. The van der Waals surface area contributed by atoms with Crippen molar-refractivity contribution in [2.75, 3.05) is 0 Å². The Bertz CT molecular complexity index is 1340. The van der Waals surface area contributed by atoms with Gasteiger partial charge in [-0.3, -0.25) is 4.98 Å². The van der Waals surface area contributed by atoms with Crippen molar-refractivity contribution in [1.29, 1.82) is 0 Å². The lowest BCUT2D eigenvalue weighted by molar-refractivity contribution is 0.438. The normalized spacial score (nSPS) is 12.1. The molecule has 0 atom stereocenters. The van der Waals surface area contributed by atoms with Gasteiger partial charge < -0.3 is 0 Å². The van der Waals surface area contributed by atoms with E-state index >= 15 is 0 Å². The van der Waals surface area contributed by atoms with Gasteiger partial charge in [0.05, 0.1) is 5.69 Å². The number of hydrogen-bond donors (Lipinski definition) is 0. The molecule has 1 heterocycles. The first-order valence-corrected chi connectivity index (χ1v) is 10.9. The van der Waals surface area contributed by atoms with Gasteiger partial charge in [-0.05, 0) is 74.3 Å². The van der Waals surface area contributed by atoms with Crippen molar-refractivity contribution in [3.63, 3.8) is 0 Å². The largest absolute Gasteiger partial charge is 0.256 e. The Balaban J connectivity index is 1.77. The maximum Gasteiger partial charge on any atom is 0.0705 e. The lowest BCUT2D eigenvalue weighted by Gasteiger charge is -2.27. The molecule has 0 saturated heterocycles. The summed E-state index contributed by atoms with van der Waals surface area (Å²) in [5, 5.41) is 7.83. The highest BCUT2D eigenvalue weighted by Crippen LogP contribution is 2.37. The average Bonchev–Trinajstić information content (AvgIpc) is 2.83. The summed E-state index contributed by atoms with van der Waals surface area (Å²) in [5.74, 6) is 0. The lowest BCUT2D eigenvalue weighted by Crippen LogP contribution is -2.19. The summed E-state index contributed by atoms with van der Waals surface area (Å²) in [4.78, 5) is 4.74. The molecule has 0 fully saturated rings. The number of rotatable bonds is 4. The minimum atomic E-state index is 0.192. The molecular weight excluding hydrogens is 362 g/mol. The van der Waals surface area contributed by atoms with Crippen molar-refractivity contribution in [3.05, 3.63) is 90.6 Å². The topological polar surface area (TPSA) is 12.9 Å². The zero-order valence-corrected chi connectivity index (χ0v) is 17.9. The molecule has 5 aromatic rings. The summed E-state index contributed by atoms with van der Waals surface area (Å²) in [6.07, 6.45) is 4.22. The molecule has 0 N–H and O–H groups in total. The molecule has 0 unspecified atom stereocenters. The zero-order valence-electron chi connectivity index (χ0n) is 17.9. The molecule has 0 saturated carbocycles. The second-order valence-corrected chi connectivity index (χ2v) is 8.55. The van der Waals surface area contributed by atoms with Gasteiger partial charge in [0.2, 0.25) is 0 Å². The van der Waals surface area contributed by atoms with E-state index in [4.69, 9.17) is 4.98 Å². The Kier molecular flexibility index (Phi) is 4.55. The summed E-state index contributed by atoms with van der Waals surface area (Å²) < 4.78 is 0. The van der Waals surface area contributed by atoms with E-state index in [2.05, 4.69) is 99.6 Å². The van der Waals surface area contributed by atoms with Crippen LogP contribution in [0.4, 0.5) is 0 Å². The molecule has 4 aromatic carbocycles. The molecule has 5 rings (SSSR count). The predicted molar refractivity (Wildman–Crippen MR) is 130 cm³/mol. The molecule has 1 heteroatoms. The molecule has 0 aliphatic heterocycles. The van der Waals surface area contributed by atoms with E-state index in [1.807, 2.05) is 6.20 Å². The summed E-state index contributed by atoms with van der Waals surface area (Å²) in [6, 6.07) is 28.7. The van der Waals surface area contributed by atoms with Crippen molar-refractivity contribution >= 4 is 32.3 Å². The Labute approximate surface area is 178 Å². The van der Waals surface area contributed by atoms with E-state index in [0.717, 1.165) is 18.5 Å². The minimum Gasteiger partial charge on any atom is -0.256 e. The van der Waals surface area contributed by atoms with Gasteiger partial charge in [-0.1, -0.05) is 81.4 Å². The highest BCUT2D eigenvalue weighted by molar-refractivity contribution is 6.25. The molecule has 1 aromatic heterocycles. The lowest BCUT2D eigenvalue weighted by atomic mass is 9.78. The van der Waals surface area contributed by atoms with E-state index < -0.39 is 0 Å². The molecule has 0 spiro atoms. The van der Waals surface area contributed by atoms with Crippen LogP contribution in [0.25, 0.3) is 43.6 Å². The van der Waals surface area contributed by atoms with Gasteiger partial charge in [-0.15, -0.1) is 0 Å². The number of pyridine rings is 1. The molecule has 0 aliphatic rings. The van der Waals surface area contributed by atoms with Crippen LogP contribution in [0.15, 0.2) is 85.1 Å². The zero-order chi connectivity index (χ0) is 20.7. The Morgan fingerprint density at radius 1 is 0.633 bits per heavy atom. The van der Waals surface area contributed by atoms with E-state index in [0.29, 0.717) is 0 Å². The summed E-state index contributed by atoms with van der Waals surface area (Å²) in [7, 11) is 0.